The minimum Gasteiger partial charge on any atom is -0.504 e. The first kappa shape index (κ1) is 13.9. The van der Waals surface area contributed by atoms with Gasteiger partial charge in [0.1, 0.15) is 0 Å². The highest BCUT2D eigenvalue weighted by atomic mass is 16.4. The fourth-order valence-electron chi connectivity index (χ4n) is 2.61. The van der Waals surface area contributed by atoms with Crippen LogP contribution in [0.1, 0.15) is 5.56 Å². The summed E-state index contributed by atoms with van der Waals surface area (Å²) in [4.78, 5) is 0. The topological polar surface area (TPSA) is 101 Å². The van der Waals surface area contributed by atoms with Gasteiger partial charge in [0.25, 0.3) is 0 Å². The maximum Gasteiger partial charge on any atom is 0.208 e. The molecule has 0 atom stereocenters. The monoisotopic (exact) mass is 298 g/mol. The highest BCUT2D eigenvalue weighted by molar-refractivity contribution is 6.01. The fraction of sp³-hybridized carbons (Fsp3) is 0.0588. The Balaban J connectivity index is 2.48. The molecule has 0 fully saturated rings. The zero-order valence-corrected chi connectivity index (χ0v) is 11.7. The summed E-state index contributed by atoms with van der Waals surface area (Å²) >= 11 is 0. The number of phenolic OH excluding ortho intramolecular Hbond substituents is 5. The second kappa shape index (κ2) is 4.73. The van der Waals surface area contributed by atoms with Crippen LogP contribution in [0.25, 0.3) is 21.9 Å². The number of hydrogen-bond donors (Lipinski definition) is 5. The van der Waals surface area contributed by atoms with E-state index in [1.54, 1.807) is 18.2 Å². The normalized spacial score (nSPS) is 11.0. The van der Waals surface area contributed by atoms with E-state index in [0.29, 0.717) is 5.56 Å². The first-order chi connectivity index (χ1) is 10.4. The smallest absolute Gasteiger partial charge is 0.208 e. The minimum atomic E-state index is -0.962. The molecular weight excluding hydrogens is 284 g/mol. The van der Waals surface area contributed by atoms with Crippen LogP contribution in [0.3, 0.4) is 0 Å². The van der Waals surface area contributed by atoms with E-state index in [2.05, 4.69) is 0 Å². The number of benzene rings is 3. The first-order valence-corrected chi connectivity index (χ1v) is 6.60. The molecule has 5 heteroatoms. The standard InChI is InChI=1S/C17H14O5/c1-8-6-9-4-2-3-5-10(9)11(7-8)12-13(18)15(20)17(22)16(21)14(12)19/h2-7,18-22H,1H3. The summed E-state index contributed by atoms with van der Waals surface area (Å²) in [6.07, 6.45) is 0. The van der Waals surface area contributed by atoms with Crippen molar-refractivity contribution in [2.75, 3.05) is 0 Å². The molecule has 0 spiro atoms. The zero-order chi connectivity index (χ0) is 16.0. The highest BCUT2D eigenvalue weighted by Crippen LogP contribution is 2.55. The van der Waals surface area contributed by atoms with Gasteiger partial charge in [-0.1, -0.05) is 36.4 Å². The van der Waals surface area contributed by atoms with Gasteiger partial charge in [-0.3, -0.25) is 0 Å². The third-order valence-electron chi connectivity index (χ3n) is 3.65. The van der Waals surface area contributed by atoms with E-state index in [-0.39, 0.29) is 5.56 Å². The quantitative estimate of drug-likeness (QED) is 0.350. The molecule has 3 aromatic carbocycles. The van der Waals surface area contributed by atoms with Gasteiger partial charge in [-0.15, -0.1) is 0 Å². The van der Waals surface area contributed by atoms with Gasteiger partial charge in [-0.2, -0.15) is 0 Å². The number of aromatic hydroxyl groups is 5. The largest absolute Gasteiger partial charge is 0.504 e. The fourth-order valence-corrected chi connectivity index (χ4v) is 2.61. The number of rotatable bonds is 1. The van der Waals surface area contributed by atoms with Crippen LogP contribution in [-0.2, 0) is 0 Å². The summed E-state index contributed by atoms with van der Waals surface area (Å²) in [6.45, 7) is 1.85. The minimum absolute atomic E-state index is 0.132. The molecule has 0 amide bonds. The maximum absolute atomic E-state index is 10.1. The molecule has 0 aliphatic rings. The molecule has 22 heavy (non-hydrogen) atoms. The summed E-state index contributed by atoms with van der Waals surface area (Å²) in [7, 11) is 0. The van der Waals surface area contributed by atoms with Crippen molar-refractivity contribution in [2.45, 2.75) is 6.92 Å². The molecule has 0 saturated heterocycles. The van der Waals surface area contributed by atoms with Crippen LogP contribution < -0.4 is 0 Å². The van der Waals surface area contributed by atoms with E-state index >= 15 is 0 Å². The van der Waals surface area contributed by atoms with Crippen molar-refractivity contribution in [3.8, 4) is 39.9 Å². The van der Waals surface area contributed by atoms with E-state index < -0.39 is 28.7 Å². The number of fused-ring (bicyclic) bond motifs is 1. The summed E-state index contributed by atoms with van der Waals surface area (Å²) in [5.74, 6) is -4.10. The second-order valence-electron chi connectivity index (χ2n) is 5.15. The third kappa shape index (κ3) is 1.87. The molecule has 0 aliphatic heterocycles. The molecule has 0 saturated carbocycles. The Bertz CT molecular complexity index is 870. The van der Waals surface area contributed by atoms with Crippen LogP contribution in [0, 0.1) is 6.92 Å². The van der Waals surface area contributed by atoms with Crippen LogP contribution in [0.4, 0.5) is 0 Å². The Morgan fingerprint density at radius 3 is 1.86 bits per heavy atom. The Morgan fingerprint density at radius 1 is 0.682 bits per heavy atom. The highest BCUT2D eigenvalue weighted by Gasteiger charge is 2.25. The Kier molecular flexibility index (Phi) is 2.99. The molecule has 0 aliphatic carbocycles. The van der Waals surface area contributed by atoms with Gasteiger partial charge in [-0.25, -0.2) is 0 Å². The van der Waals surface area contributed by atoms with E-state index in [9.17, 15) is 25.5 Å². The Labute approximate surface area is 126 Å². The van der Waals surface area contributed by atoms with Crippen molar-refractivity contribution in [2.24, 2.45) is 0 Å². The molecule has 5 N–H and O–H groups in total. The molecule has 3 rings (SSSR count). The van der Waals surface area contributed by atoms with Crippen LogP contribution in [0.15, 0.2) is 36.4 Å². The van der Waals surface area contributed by atoms with Crippen molar-refractivity contribution < 1.29 is 25.5 Å². The van der Waals surface area contributed by atoms with Crippen molar-refractivity contribution in [1.29, 1.82) is 0 Å². The van der Waals surface area contributed by atoms with E-state index in [1.165, 1.54) is 0 Å². The molecule has 0 heterocycles. The van der Waals surface area contributed by atoms with Gasteiger partial charge in [0, 0.05) is 0 Å². The molecule has 5 nitrogen and oxygen atoms in total. The van der Waals surface area contributed by atoms with Gasteiger partial charge in [0.2, 0.25) is 17.2 Å². The van der Waals surface area contributed by atoms with Crippen molar-refractivity contribution in [3.63, 3.8) is 0 Å². The van der Waals surface area contributed by atoms with Crippen molar-refractivity contribution in [3.05, 3.63) is 42.0 Å². The molecule has 3 aromatic rings. The average Bonchev–Trinajstić information content (AvgIpc) is 2.51. The summed E-state index contributed by atoms with van der Waals surface area (Å²) in [6, 6.07) is 11.0. The lowest BCUT2D eigenvalue weighted by atomic mass is 9.94. The molecule has 112 valence electrons. The van der Waals surface area contributed by atoms with Crippen LogP contribution in [0.2, 0.25) is 0 Å². The molecule has 0 unspecified atom stereocenters. The van der Waals surface area contributed by atoms with Gasteiger partial charge < -0.3 is 25.5 Å². The zero-order valence-electron chi connectivity index (χ0n) is 11.7. The lowest BCUT2D eigenvalue weighted by Crippen LogP contribution is -1.88. The van der Waals surface area contributed by atoms with Gasteiger partial charge in [0.15, 0.2) is 11.5 Å². The van der Waals surface area contributed by atoms with Crippen LogP contribution >= 0.6 is 0 Å². The predicted octanol–water partition coefficient (Wildman–Crippen LogP) is 3.34. The lowest BCUT2D eigenvalue weighted by Gasteiger charge is -2.15. The molecule has 0 radical (unpaired) electrons. The van der Waals surface area contributed by atoms with Crippen molar-refractivity contribution in [1.82, 2.24) is 0 Å². The molecular formula is C17H14O5. The van der Waals surface area contributed by atoms with E-state index in [1.807, 2.05) is 25.1 Å². The van der Waals surface area contributed by atoms with Gasteiger partial charge in [-0.05, 0) is 28.8 Å². The van der Waals surface area contributed by atoms with E-state index in [0.717, 1.165) is 16.3 Å². The van der Waals surface area contributed by atoms with E-state index in [4.69, 9.17) is 0 Å². The maximum atomic E-state index is 10.1. The number of phenols is 5. The summed E-state index contributed by atoms with van der Waals surface area (Å²) in [5.41, 5.74) is 1.18. The Hall–Kier alpha value is -3.08. The third-order valence-corrected chi connectivity index (χ3v) is 3.65. The average molecular weight is 298 g/mol. The van der Waals surface area contributed by atoms with Crippen LogP contribution in [0.5, 0.6) is 28.7 Å². The van der Waals surface area contributed by atoms with Crippen molar-refractivity contribution >= 4 is 10.8 Å². The second-order valence-corrected chi connectivity index (χ2v) is 5.15. The van der Waals surface area contributed by atoms with Gasteiger partial charge in [0.05, 0.1) is 5.56 Å². The first-order valence-electron chi connectivity index (χ1n) is 6.60. The Morgan fingerprint density at radius 2 is 1.23 bits per heavy atom. The van der Waals surface area contributed by atoms with Crippen LogP contribution in [-0.4, -0.2) is 25.5 Å². The molecule has 0 aromatic heterocycles. The molecule has 0 bridgehead atoms. The SMILES string of the molecule is Cc1cc(-c2c(O)c(O)c(O)c(O)c2O)c2ccccc2c1. The summed E-state index contributed by atoms with van der Waals surface area (Å²) < 4.78 is 0. The lowest BCUT2D eigenvalue weighted by molar-refractivity contribution is 0.330. The summed E-state index contributed by atoms with van der Waals surface area (Å²) in [5, 5.41) is 50.8. The van der Waals surface area contributed by atoms with Gasteiger partial charge >= 0.3 is 0 Å². The number of hydrogen-bond acceptors (Lipinski definition) is 5. The predicted molar refractivity (Wildman–Crippen MR) is 82.4 cm³/mol. The number of aryl methyl sites for hydroxylation is 1.